The molecule has 0 amide bonds. The van der Waals surface area contributed by atoms with Crippen LogP contribution in [0, 0.1) is 18.6 Å². The van der Waals surface area contributed by atoms with Gasteiger partial charge in [-0.1, -0.05) is 6.07 Å². The fourth-order valence-electron chi connectivity index (χ4n) is 4.45. The lowest BCUT2D eigenvalue weighted by molar-refractivity contribution is -0.0888. The Hall–Kier alpha value is -2.88. The van der Waals surface area contributed by atoms with Gasteiger partial charge in [-0.2, -0.15) is 4.98 Å². The maximum atomic E-state index is 13.5. The van der Waals surface area contributed by atoms with Crippen molar-refractivity contribution in [2.45, 2.75) is 31.4 Å². The van der Waals surface area contributed by atoms with Gasteiger partial charge in [0.25, 0.3) is 0 Å². The summed E-state index contributed by atoms with van der Waals surface area (Å²) >= 11 is 0. The van der Waals surface area contributed by atoms with Crippen molar-refractivity contribution in [1.29, 1.82) is 0 Å². The van der Waals surface area contributed by atoms with Crippen molar-refractivity contribution in [2.75, 3.05) is 31.6 Å². The molecule has 2 aliphatic heterocycles. The van der Waals surface area contributed by atoms with Crippen LogP contribution in [0.4, 0.5) is 20.4 Å². The van der Waals surface area contributed by atoms with Crippen LogP contribution < -0.4 is 5.32 Å². The topological polar surface area (TPSA) is 75.4 Å². The third-order valence-corrected chi connectivity index (χ3v) is 6.14. The summed E-state index contributed by atoms with van der Waals surface area (Å²) in [5, 5.41) is 18.3. The number of benzene rings is 2. The zero-order chi connectivity index (χ0) is 22.2. The van der Waals surface area contributed by atoms with Crippen LogP contribution >= 0.6 is 0 Å². The Morgan fingerprint density at radius 1 is 1.09 bits per heavy atom. The molecule has 0 radical (unpaired) electrons. The molecule has 2 aliphatic rings. The maximum absolute atomic E-state index is 13.5. The molecule has 168 valence electrons. The number of nitrogens with one attached hydrogen (secondary N) is 1. The van der Waals surface area contributed by atoms with Gasteiger partial charge in [-0.3, -0.25) is 4.90 Å². The first-order valence-electron chi connectivity index (χ1n) is 10.7. The molecular weight excluding hydrogens is 416 g/mol. The van der Waals surface area contributed by atoms with Crippen LogP contribution in [0.5, 0.6) is 0 Å². The Morgan fingerprint density at radius 2 is 1.88 bits per heavy atom. The van der Waals surface area contributed by atoms with Crippen molar-refractivity contribution in [3.05, 3.63) is 65.5 Å². The van der Waals surface area contributed by atoms with Crippen LogP contribution in [-0.2, 0) is 4.74 Å². The molecule has 3 aromatic rings. The molecule has 1 aromatic heterocycles. The summed E-state index contributed by atoms with van der Waals surface area (Å²) in [6.45, 7) is 5.08. The molecule has 2 aromatic carbocycles. The molecule has 32 heavy (non-hydrogen) atoms. The Labute approximate surface area is 184 Å². The molecule has 9 heteroatoms. The highest BCUT2D eigenvalue weighted by Gasteiger charge is 2.35. The molecular formula is C23H25F2N5O2. The van der Waals surface area contributed by atoms with Crippen molar-refractivity contribution >= 4 is 11.6 Å². The largest absolute Gasteiger partial charge is 0.391 e. The van der Waals surface area contributed by atoms with E-state index in [0.717, 1.165) is 49.1 Å². The Bertz CT molecular complexity index is 1100. The van der Waals surface area contributed by atoms with Crippen LogP contribution in [0.3, 0.4) is 0 Å². The number of nitrogens with zero attached hydrogens (tertiary/aromatic N) is 4. The lowest BCUT2D eigenvalue weighted by Gasteiger charge is -2.43. The highest BCUT2D eigenvalue weighted by atomic mass is 19.1. The summed E-state index contributed by atoms with van der Waals surface area (Å²) in [6, 6.07) is 9.69. The zero-order valence-corrected chi connectivity index (χ0v) is 17.7. The minimum atomic E-state index is -0.678. The molecule has 7 nitrogen and oxygen atoms in total. The summed E-state index contributed by atoms with van der Waals surface area (Å²) in [6.07, 6.45) is 1.83. The smallest absolute Gasteiger partial charge is 0.246 e. The molecule has 0 spiro atoms. The van der Waals surface area contributed by atoms with E-state index in [1.165, 1.54) is 23.1 Å². The van der Waals surface area contributed by atoms with Gasteiger partial charge >= 0.3 is 0 Å². The normalized spacial score (nSPS) is 22.0. The molecule has 0 aliphatic carbocycles. The van der Waals surface area contributed by atoms with E-state index < -0.39 is 17.7 Å². The highest BCUT2D eigenvalue weighted by Crippen LogP contribution is 2.33. The molecule has 0 bridgehead atoms. The second-order valence-electron chi connectivity index (χ2n) is 8.55. The summed E-state index contributed by atoms with van der Waals surface area (Å²) in [5.41, 5.74) is 3.17. The maximum Gasteiger partial charge on any atom is 0.246 e. The fourth-order valence-corrected chi connectivity index (χ4v) is 4.45. The van der Waals surface area contributed by atoms with E-state index in [1.54, 1.807) is 0 Å². The van der Waals surface area contributed by atoms with Gasteiger partial charge in [-0.15, -0.1) is 5.10 Å². The van der Waals surface area contributed by atoms with Gasteiger partial charge in [0.1, 0.15) is 18.0 Å². The van der Waals surface area contributed by atoms with E-state index in [-0.39, 0.29) is 11.6 Å². The summed E-state index contributed by atoms with van der Waals surface area (Å²) < 4.78 is 33.6. The van der Waals surface area contributed by atoms with Gasteiger partial charge in [0.2, 0.25) is 5.95 Å². The minimum absolute atomic E-state index is 0.0495. The van der Waals surface area contributed by atoms with Crippen LogP contribution in [0.15, 0.2) is 42.7 Å². The van der Waals surface area contributed by atoms with Gasteiger partial charge < -0.3 is 15.2 Å². The summed E-state index contributed by atoms with van der Waals surface area (Å²) in [5.74, 6) is -0.995. The third kappa shape index (κ3) is 4.36. The van der Waals surface area contributed by atoms with E-state index in [4.69, 9.17) is 4.74 Å². The van der Waals surface area contributed by atoms with Crippen LogP contribution in [0.2, 0.25) is 0 Å². The molecule has 2 fully saturated rings. The van der Waals surface area contributed by atoms with Crippen LogP contribution in [0.1, 0.15) is 23.5 Å². The number of likely N-dealkylation sites (tertiary alicyclic amines) is 1. The Balaban J connectivity index is 1.32. The van der Waals surface area contributed by atoms with E-state index in [9.17, 15) is 13.9 Å². The zero-order valence-electron chi connectivity index (χ0n) is 17.7. The van der Waals surface area contributed by atoms with E-state index in [2.05, 4.69) is 26.4 Å². The second kappa shape index (κ2) is 8.57. The van der Waals surface area contributed by atoms with E-state index in [0.29, 0.717) is 18.5 Å². The predicted octanol–water partition coefficient (Wildman–Crippen LogP) is 3.15. The highest BCUT2D eigenvalue weighted by molar-refractivity contribution is 5.56. The fraction of sp³-hybridized carbons (Fsp3) is 0.391. The van der Waals surface area contributed by atoms with Crippen molar-refractivity contribution in [2.24, 2.45) is 0 Å². The van der Waals surface area contributed by atoms with Gasteiger partial charge in [0.05, 0.1) is 31.0 Å². The number of hydrogen-bond acceptors (Lipinski definition) is 6. The number of piperidine rings is 1. The number of rotatable bonds is 5. The second-order valence-corrected chi connectivity index (χ2v) is 8.55. The number of β-amino-alcohol motifs (C(OH)–C–C–N with tert-alkyl or cyclic N) is 1. The molecule has 3 heterocycles. The number of hydrogen-bond donors (Lipinski definition) is 2. The number of aliphatic hydroxyl groups is 1. The minimum Gasteiger partial charge on any atom is -0.391 e. The van der Waals surface area contributed by atoms with Gasteiger partial charge in [-0.05, 0) is 55.3 Å². The number of aryl methyl sites for hydroxylation is 1. The van der Waals surface area contributed by atoms with Gasteiger partial charge in [0.15, 0.2) is 0 Å². The Kier molecular flexibility index (Phi) is 5.62. The van der Waals surface area contributed by atoms with Crippen molar-refractivity contribution in [3.8, 4) is 5.69 Å². The summed E-state index contributed by atoms with van der Waals surface area (Å²) in [7, 11) is 0. The first kappa shape index (κ1) is 21.0. The average Bonchev–Trinajstić information content (AvgIpc) is 3.14. The monoisotopic (exact) mass is 441 g/mol. The lowest BCUT2D eigenvalue weighted by Crippen LogP contribution is -2.55. The Morgan fingerprint density at radius 3 is 2.56 bits per heavy atom. The molecule has 0 saturated carbocycles. The van der Waals surface area contributed by atoms with E-state index >= 15 is 0 Å². The van der Waals surface area contributed by atoms with Gasteiger partial charge in [-0.25, -0.2) is 13.5 Å². The molecule has 2 N–H and O–H groups in total. The van der Waals surface area contributed by atoms with Crippen molar-refractivity contribution < 1.29 is 18.6 Å². The van der Waals surface area contributed by atoms with Crippen molar-refractivity contribution in [1.82, 2.24) is 19.7 Å². The third-order valence-electron chi connectivity index (χ3n) is 6.14. The predicted molar refractivity (Wildman–Crippen MR) is 115 cm³/mol. The quantitative estimate of drug-likeness (QED) is 0.634. The lowest BCUT2D eigenvalue weighted by atomic mass is 9.85. The van der Waals surface area contributed by atoms with Crippen LogP contribution in [0.25, 0.3) is 5.69 Å². The SMILES string of the molecule is Cc1cc(Nc2ncn(-c3cc(F)cc(F)c3)n2)cc([C@@H]2CCN(C3COC3)C[C@H]2O)c1. The number of aliphatic hydroxyl groups excluding tert-OH is 1. The van der Waals surface area contributed by atoms with Gasteiger partial charge in [0, 0.05) is 24.2 Å². The number of halogens is 2. The first-order valence-corrected chi connectivity index (χ1v) is 10.7. The number of anilines is 2. The van der Waals surface area contributed by atoms with Crippen molar-refractivity contribution in [3.63, 3.8) is 0 Å². The molecule has 5 rings (SSSR count). The average molecular weight is 441 g/mol. The molecule has 2 saturated heterocycles. The summed E-state index contributed by atoms with van der Waals surface area (Å²) in [4.78, 5) is 6.52. The standard InChI is InChI=1S/C23H25F2N5O2/c1-14-4-15(21-2-3-29(10-22(21)31)20-11-32-12-20)6-18(5-14)27-23-26-13-30(28-23)19-8-16(24)7-17(25)9-19/h4-9,13,20-22,31H,2-3,10-12H2,1H3,(H,27,28)/t21-,22+/m0/s1. The number of ether oxygens (including phenoxy) is 1. The van der Waals surface area contributed by atoms with E-state index in [1.807, 2.05) is 19.1 Å². The first-order chi connectivity index (χ1) is 15.4. The molecule has 0 unspecified atom stereocenters. The van der Waals surface area contributed by atoms with Crippen LogP contribution in [-0.4, -0.2) is 63.2 Å². The molecule has 2 atom stereocenters. The number of aromatic nitrogens is 3.